The van der Waals surface area contributed by atoms with Gasteiger partial charge in [-0.15, -0.1) is 0 Å². The number of rotatable bonds is 5. The number of halogens is 1. The van der Waals surface area contributed by atoms with Gasteiger partial charge in [0.05, 0.1) is 10.9 Å². The Labute approximate surface area is 185 Å². The number of anilines is 1. The predicted molar refractivity (Wildman–Crippen MR) is 123 cm³/mol. The zero-order valence-electron chi connectivity index (χ0n) is 18.1. The standard InChI is InChI=1S/C24H25FN4O3/c1-3-28-15-19(21(31)9-6-16-4-7-17(30)8-5-16)22(32)18-14-20(25)24(26-23(18)28)29-12-10-27(2)11-13-29/h4-9,14-15,30H,3,10-13H2,1-2H3. The number of benzene rings is 1. The maximum atomic E-state index is 15.0. The van der Waals surface area contributed by atoms with E-state index in [4.69, 9.17) is 0 Å². The van der Waals surface area contributed by atoms with Crippen molar-refractivity contribution in [2.45, 2.75) is 13.5 Å². The number of pyridine rings is 2. The zero-order chi connectivity index (χ0) is 22.8. The highest BCUT2D eigenvalue weighted by Crippen LogP contribution is 2.23. The molecular formula is C24H25FN4O3. The van der Waals surface area contributed by atoms with E-state index in [9.17, 15) is 19.1 Å². The smallest absolute Gasteiger partial charge is 0.202 e. The molecule has 0 spiro atoms. The van der Waals surface area contributed by atoms with Gasteiger partial charge in [-0.05, 0) is 43.8 Å². The Morgan fingerprint density at radius 3 is 2.53 bits per heavy atom. The van der Waals surface area contributed by atoms with Crippen molar-refractivity contribution in [2.24, 2.45) is 0 Å². The third-order valence-electron chi connectivity index (χ3n) is 5.71. The van der Waals surface area contributed by atoms with Crippen molar-refractivity contribution in [2.75, 3.05) is 38.1 Å². The molecule has 8 heteroatoms. The average Bonchev–Trinajstić information content (AvgIpc) is 2.79. The number of ketones is 1. The molecule has 0 atom stereocenters. The van der Waals surface area contributed by atoms with E-state index in [1.807, 2.05) is 18.9 Å². The van der Waals surface area contributed by atoms with Crippen molar-refractivity contribution in [3.05, 3.63) is 69.8 Å². The fraction of sp³-hybridized carbons (Fsp3) is 0.292. The largest absolute Gasteiger partial charge is 0.508 e. The van der Waals surface area contributed by atoms with Gasteiger partial charge in [0.15, 0.2) is 17.4 Å². The molecule has 1 aliphatic rings. The number of likely N-dealkylation sites (N-methyl/N-ethyl adjacent to an activating group) is 1. The summed E-state index contributed by atoms with van der Waals surface area (Å²) in [6, 6.07) is 7.53. The number of hydrogen-bond donors (Lipinski definition) is 1. The number of carbonyl (C=O) groups is 1. The molecule has 1 saturated heterocycles. The van der Waals surface area contributed by atoms with E-state index in [0.717, 1.165) is 13.1 Å². The minimum atomic E-state index is -0.564. The lowest BCUT2D eigenvalue weighted by atomic mass is 10.1. The molecule has 0 bridgehead atoms. The number of phenols is 1. The highest BCUT2D eigenvalue weighted by atomic mass is 19.1. The van der Waals surface area contributed by atoms with Gasteiger partial charge >= 0.3 is 0 Å². The molecule has 2 aromatic heterocycles. The van der Waals surface area contributed by atoms with Crippen LogP contribution >= 0.6 is 0 Å². The summed E-state index contributed by atoms with van der Waals surface area (Å²) in [5.41, 5.74) is 0.494. The van der Waals surface area contributed by atoms with E-state index >= 15 is 0 Å². The van der Waals surface area contributed by atoms with Crippen LogP contribution in [0.3, 0.4) is 0 Å². The molecule has 1 N–H and O–H groups in total. The minimum Gasteiger partial charge on any atom is -0.508 e. The Balaban J connectivity index is 1.73. The molecule has 0 amide bonds. The molecule has 0 unspecified atom stereocenters. The first-order valence-corrected chi connectivity index (χ1v) is 10.6. The molecule has 3 heterocycles. The van der Waals surface area contributed by atoms with E-state index in [-0.39, 0.29) is 22.5 Å². The van der Waals surface area contributed by atoms with Gasteiger partial charge < -0.3 is 19.5 Å². The number of fused-ring (bicyclic) bond motifs is 1. The van der Waals surface area contributed by atoms with Gasteiger partial charge in [0.2, 0.25) is 5.43 Å². The molecule has 3 aromatic rings. The van der Waals surface area contributed by atoms with Crippen LogP contribution in [0.25, 0.3) is 17.1 Å². The van der Waals surface area contributed by atoms with Gasteiger partial charge in [-0.3, -0.25) is 9.59 Å². The number of allylic oxidation sites excluding steroid dienone is 1. The number of aryl methyl sites for hydroxylation is 1. The summed E-state index contributed by atoms with van der Waals surface area (Å²) >= 11 is 0. The van der Waals surface area contributed by atoms with Gasteiger partial charge in [0.25, 0.3) is 0 Å². The molecule has 166 valence electrons. The number of piperazine rings is 1. The summed E-state index contributed by atoms with van der Waals surface area (Å²) < 4.78 is 16.7. The second kappa shape index (κ2) is 8.92. The van der Waals surface area contributed by atoms with E-state index in [1.54, 1.807) is 22.8 Å². The lowest BCUT2D eigenvalue weighted by Crippen LogP contribution is -2.45. The normalized spacial score (nSPS) is 15.0. The van der Waals surface area contributed by atoms with Crippen LogP contribution in [0.4, 0.5) is 10.2 Å². The molecule has 32 heavy (non-hydrogen) atoms. The number of aromatic hydroxyl groups is 1. The Kier molecular flexibility index (Phi) is 6.05. The number of hydrogen-bond acceptors (Lipinski definition) is 6. The number of aromatic nitrogens is 2. The van der Waals surface area contributed by atoms with Crippen LogP contribution in [0.2, 0.25) is 0 Å². The monoisotopic (exact) mass is 436 g/mol. The van der Waals surface area contributed by atoms with Crippen molar-refractivity contribution in [1.29, 1.82) is 0 Å². The Bertz CT molecular complexity index is 1240. The van der Waals surface area contributed by atoms with E-state index in [0.29, 0.717) is 30.8 Å². The van der Waals surface area contributed by atoms with Crippen molar-refractivity contribution >= 4 is 28.7 Å². The first-order valence-electron chi connectivity index (χ1n) is 10.6. The van der Waals surface area contributed by atoms with Crippen LogP contribution in [0.15, 0.2) is 47.4 Å². The van der Waals surface area contributed by atoms with Crippen LogP contribution in [-0.2, 0) is 6.54 Å². The first kappa shape index (κ1) is 21.7. The quantitative estimate of drug-likeness (QED) is 0.490. The average molecular weight is 436 g/mol. The maximum Gasteiger partial charge on any atom is 0.202 e. The second-order valence-electron chi connectivity index (χ2n) is 7.90. The van der Waals surface area contributed by atoms with E-state index in [1.165, 1.54) is 30.5 Å². The molecule has 1 aliphatic heterocycles. The third-order valence-corrected chi connectivity index (χ3v) is 5.71. The number of carbonyl (C=O) groups excluding carboxylic acids is 1. The van der Waals surface area contributed by atoms with Crippen molar-refractivity contribution < 1.29 is 14.3 Å². The number of nitrogens with zero attached hydrogens (tertiary/aromatic N) is 4. The predicted octanol–water partition coefficient (Wildman–Crippen LogP) is 2.91. The number of phenolic OH excluding ortho intramolecular Hbond substituents is 1. The highest BCUT2D eigenvalue weighted by Gasteiger charge is 2.22. The highest BCUT2D eigenvalue weighted by molar-refractivity contribution is 6.08. The molecule has 0 saturated carbocycles. The first-order chi connectivity index (χ1) is 15.4. The second-order valence-corrected chi connectivity index (χ2v) is 7.90. The Hall–Kier alpha value is -3.52. The Morgan fingerprint density at radius 2 is 1.88 bits per heavy atom. The Morgan fingerprint density at radius 1 is 1.19 bits per heavy atom. The SMILES string of the molecule is CCn1cc(C(=O)C=Cc2ccc(O)cc2)c(=O)c2cc(F)c(N3CCN(C)CC3)nc21. The summed E-state index contributed by atoms with van der Waals surface area (Å²) in [7, 11) is 2.02. The van der Waals surface area contributed by atoms with Gasteiger partial charge in [-0.2, -0.15) is 0 Å². The van der Waals surface area contributed by atoms with Gasteiger partial charge in [-0.1, -0.05) is 18.2 Å². The van der Waals surface area contributed by atoms with Crippen LogP contribution in [0, 0.1) is 5.82 Å². The van der Waals surface area contributed by atoms with Crippen molar-refractivity contribution in [3.63, 3.8) is 0 Å². The fourth-order valence-corrected chi connectivity index (χ4v) is 3.78. The molecule has 1 aromatic carbocycles. The minimum absolute atomic E-state index is 0.0390. The molecular weight excluding hydrogens is 411 g/mol. The summed E-state index contributed by atoms with van der Waals surface area (Å²) in [4.78, 5) is 34.4. The summed E-state index contributed by atoms with van der Waals surface area (Å²) in [6.45, 7) is 5.27. The van der Waals surface area contributed by atoms with E-state index in [2.05, 4.69) is 9.88 Å². The van der Waals surface area contributed by atoms with Crippen LogP contribution < -0.4 is 10.3 Å². The van der Waals surface area contributed by atoms with Gasteiger partial charge in [0, 0.05) is 38.9 Å². The molecule has 1 fully saturated rings. The fourth-order valence-electron chi connectivity index (χ4n) is 3.78. The third kappa shape index (κ3) is 4.27. The van der Waals surface area contributed by atoms with Crippen molar-refractivity contribution in [1.82, 2.24) is 14.5 Å². The topological polar surface area (TPSA) is 78.7 Å². The van der Waals surface area contributed by atoms with Gasteiger partial charge in [-0.25, -0.2) is 9.37 Å². The lowest BCUT2D eigenvalue weighted by Gasteiger charge is -2.33. The van der Waals surface area contributed by atoms with Crippen molar-refractivity contribution in [3.8, 4) is 5.75 Å². The molecule has 4 rings (SSSR count). The maximum absolute atomic E-state index is 15.0. The van der Waals surface area contributed by atoms with Crippen LogP contribution in [-0.4, -0.2) is 58.6 Å². The lowest BCUT2D eigenvalue weighted by molar-refractivity contribution is 0.104. The molecule has 7 nitrogen and oxygen atoms in total. The summed E-state index contributed by atoms with van der Waals surface area (Å²) in [6.07, 6.45) is 4.36. The zero-order valence-corrected chi connectivity index (χ0v) is 18.1. The van der Waals surface area contributed by atoms with Crippen LogP contribution in [0.1, 0.15) is 22.8 Å². The molecule has 0 aliphatic carbocycles. The molecule has 0 radical (unpaired) electrons. The van der Waals surface area contributed by atoms with Gasteiger partial charge in [0.1, 0.15) is 11.4 Å². The van der Waals surface area contributed by atoms with Crippen LogP contribution in [0.5, 0.6) is 5.75 Å². The van der Waals surface area contributed by atoms with E-state index < -0.39 is 17.0 Å². The summed E-state index contributed by atoms with van der Waals surface area (Å²) in [5, 5.41) is 9.46. The summed E-state index contributed by atoms with van der Waals surface area (Å²) in [5.74, 6) is -0.681.